The van der Waals surface area contributed by atoms with Crippen LogP contribution in [0.2, 0.25) is 0 Å². The Balaban J connectivity index is 1.96. The molecule has 1 aliphatic rings. The first kappa shape index (κ1) is 7.94. The van der Waals surface area contributed by atoms with Crippen LogP contribution in [0.15, 0.2) is 0 Å². The SMILES string of the molecule is COC1CN(c2nnc(C)s2)C1. The van der Waals surface area contributed by atoms with Crippen LogP contribution in [0.5, 0.6) is 0 Å². The highest BCUT2D eigenvalue weighted by Crippen LogP contribution is 2.24. The minimum atomic E-state index is 0.384. The Morgan fingerprint density at radius 3 is 2.75 bits per heavy atom. The third kappa shape index (κ3) is 1.30. The minimum Gasteiger partial charge on any atom is -0.378 e. The van der Waals surface area contributed by atoms with Crippen LogP contribution in [0.25, 0.3) is 0 Å². The molecular formula is C7H11N3OS. The summed E-state index contributed by atoms with van der Waals surface area (Å²) in [7, 11) is 1.74. The normalized spacial score (nSPS) is 18.0. The Kier molecular flexibility index (Phi) is 1.98. The summed E-state index contributed by atoms with van der Waals surface area (Å²) >= 11 is 1.63. The Labute approximate surface area is 75.2 Å². The number of methoxy groups -OCH3 is 1. The van der Waals surface area contributed by atoms with Crippen molar-refractivity contribution in [1.82, 2.24) is 10.2 Å². The molecule has 0 saturated carbocycles. The Morgan fingerprint density at radius 2 is 2.25 bits per heavy atom. The molecule has 66 valence electrons. The summed E-state index contributed by atoms with van der Waals surface area (Å²) in [4.78, 5) is 2.18. The fourth-order valence-electron chi connectivity index (χ4n) is 1.16. The number of aryl methyl sites for hydroxylation is 1. The fourth-order valence-corrected chi connectivity index (χ4v) is 1.86. The van der Waals surface area contributed by atoms with Gasteiger partial charge in [0.15, 0.2) is 0 Å². The third-order valence-corrected chi connectivity index (χ3v) is 2.87. The quantitative estimate of drug-likeness (QED) is 0.679. The number of ether oxygens (including phenoxy) is 1. The first-order valence-corrected chi connectivity index (χ1v) is 4.69. The van der Waals surface area contributed by atoms with E-state index in [1.165, 1.54) is 0 Å². The zero-order valence-electron chi connectivity index (χ0n) is 7.15. The Morgan fingerprint density at radius 1 is 1.50 bits per heavy atom. The van der Waals surface area contributed by atoms with Gasteiger partial charge in [-0.15, -0.1) is 10.2 Å². The smallest absolute Gasteiger partial charge is 0.208 e. The van der Waals surface area contributed by atoms with E-state index in [0.29, 0.717) is 6.10 Å². The Hall–Kier alpha value is -0.680. The summed E-state index contributed by atoms with van der Waals surface area (Å²) < 4.78 is 5.16. The number of rotatable bonds is 2. The van der Waals surface area contributed by atoms with E-state index in [-0.39, 0.29) is 0 Å². The van der Waals surface area contributed by atoms with Gasteiger partial charge in [0, 0.05) is 20.2 Å². The summed E-state index contributed by atoms with van der Waals surface area (Å²) in [5.74, 6) is 0. The zero-order chi connectivity index (χ0) is 8.55. The zero-order valence-corrected chi connectivity index (χ0v) is 7.97. The second-order valence-corrected chi connectivity index (χ2v) is 4.03. The number of anilines is 1. The van der Waals surface area contributed by atoms with Crippen molar-refractivity contribution in [2.45, 2.75) is 13.0 Å². The van der Waals surface area contributed by atoms with Crippen molar-refractivity contribution in [3.05, 3.63) is 5.01 Å². The minimum absolute atomic E-state index is 0.384. The maximum absolute atomic E-state index is 5.16. The molecule has 1 aliphatic heterocycles. The van der Waals surface area contributed by atoms with Crippen molar-refractivity contribution >= 4 is 16.5 Å². The van der Waals surface area contributed by atoms with Crippen LogP contribution in [0.3, 0.4) is 0 Å². The summed E-state index contributed by atoms with van der Waals surface area (Å²) in [5, 5.41) is 10.0. The molecular weight excluding hydrogens is 174 g/mol. The Bertz CT molecular complexity index is 269. The van der Waals surface area contributed by atoms with Gasteiger partial charge in [-0.05, 0) is 6.92 Å². The van der Waals surface area contributed by atoms with E-state index in [0.717, 1.165) is 23.2 Å². The van der Waals surface area contributed by atoms with Crippen molar-refractivity contribution in [2.75, 3.05) is 25.1 Å². The molecule has 1 aromatic heterocycles. The van der Waals surface area contributed by atoms with Gasteiger partial charge < -0.3 is 9.64 Å². The predicted octanol–water partition coefficient (Wildman–Crippen LogP) is 0.682. The van der Waals surface area contributed by atoms with Crippen molar-refractivity contribution in [1.29, 1.82) is 0 Å². The van der Waals surface area contributed by atoms with Crippen LogP contribution < -0.4 is 4.90 Å². The van der Waals surface area contributed by atoms with Crippen molar-refractivity contribution in [3.8, 4) is 0 Å². The fraction of sp³-hybridized carbons (Fsp3) is 0.714. The highest BCUT2D eigenvalue weighted by atomic mass is 32.1. The van der Waals surface area contributed by atoms with Crippen LogP contribution in [0.4, 0.5) is 5.13 Å². The van der Waals surface area contributed by atoms with Crippen LogP contribution in [-0.2, 0) is 4.74 Å². The molecule has 0 radical (unpaired) electrons. The first-order valence-electron chi connectivity index (χ1n) is 3.87. The number of hydrogen-bond donors (Lipinski definition) is 0. The number of hydrogen-bond acceptors (Lipinski definition) is 5. The third-order valence-electron chi connectivity index (χ3n) is 1.97. The summed E-state index contributed by atoms with van der Waals surface area (Å²) in [5.41, 5.74) is 0. The molecule has 0 unspecified atom stereocenters. The predicted molar refractivity (Wildman–Crippen MR) is 47.7 cm³/mol. The molecule has 0 aliphatic carbocycles. The monoisotopic (exact) mass is 185 g/mol. The lowest BCUT2D eigenvalue weighted by atomic mass is 10.2. The van der Waals surface area contributed by atoms with E-state index >= 15 is 0 Å². The molecule has 0 N–H and O–H groups in total. The van der Waals surface area contributed by atoms with Gasteiger partial charge in [0.1, 0.15) is 5.01 Å². The van der Waals surface area contributed by atoms with Gasteiger partial charge in [0.25, 0.3) is 0 Å². The lowest BCUT2D eigenvalue weighted by Crippen LogP contribution is -2.51. The van der Waals surface area contributed by atoms with Gasteiger partial charge in [0.05, 0.1) is 6.10 Å². The molecule has 4 nitrogen and oxygen atoms in total. The summed E-state index contributed by atoms with van der Waals surface area (Å²) in [6, 6.07) is 0. The van der Waals surface area contributed by atoms with E-state index in [1.807, 2.05) is 6.92 Å². The van der Waals surface area contributed by atoms with Gasteiger partial charge >= 0.3 is 0 Å². The van der Waals surface area contributed by atoms with E-state index in [2.05, 4.69) is 15.1 Å². The number of aromatic nitrogens is 2. The molecule has 0 spiro atoms. The highest BCUT2D eigenvalue weighted by Gasteiger charge is 2.28. The molecule has 0 amide bonds. The van der Waals surface area contributed by atoms with E-state index < -0.39 is 0 Å². The van der Waals surface area contributed by atoms with Crippen LogP contribution >= 0.6 is 11.3 Å². The van der Waals surface area contributed by atoms with Gasteiger partial charge in [-0.25, -0.2) is 0 Å². The molecule has 2 rings (SSSR count). The molecule has 0 bridgehead atoms. The second-order valence-electron chi connectivity index (χ2n) is 2.87. The second kappa shape index (κ2) is 2.99. The maximum atomic E-state index is 5.16. The summed E-state index contributed by atoms with van der Waals surface area (Å²) in [6.07, 6.45) is 0.384. The number of nitrogens with zero attached hydrogens (tertiary/aromatic N) is 3. The average molecular weight is 185 g/mol. The molecule has 1 saturated heterocycles. The van der Waals surface area contributed by atoms with Crippen molar-refractivity contribution in [3.63, 3.8) is 0 Å². The van der Waals surface area contributed by atoms with E-state index in [9.17, 15) is 0 Å². The lowest BCUT2D eigenvalue weighted by molar-refractivity contribution is 0.0787. The van der Waals surface area contributed by atoms with Gasteiger partial charge in [0.2, 0.25) is 5.13 Å². The first-order chi connectivity index (χ1) is 5.79. The molecule has 1 aromatic rings. The molecule has 5 heteroatoms. The molecule has 0 aromatic carbocycles. The van der Waals surface area contributed by atoms with E-state index in [4.69, 9.17) is 4.74 Å². The van der Waals surface area contributed by atoms with Crippen LogP contribution in [-0.4, -0.2) is 36.5 Å². The highest BCUT2D eigenvalue weighted by molar-refractivity contribution is 7.15. The lowest BCUT2D eigenvalue weighted by Gasteiger charge is -2.37. The molecule has 2 heterocycles. The molecule has 1 fully saturated rings. The maximum Gasteiger partial charge on any atom is 0.208 e. The average Bonchev–Trinajstić information content (AvgIpc) is 2.34. The summed E-state index contributed by atoms with van der Waals surface area (Å²) in [6.45, 7) is 3.87. The van der Waals surface area contributed by atoms with Crippen LogP contribution in [0.1, 0.15) is 5.01 Å². The molecule has 12 heavy (non-hydrogen) atoms. The van der Waals surface area contributed by atoms with E-state index in [1.54, 1.807) is 18.4 Å². The van der Waals surface area contributed by atoms with Gasteiger partial charge in [-0.2, -0.15) is 0 Å². The van der Waals surface area contributed by atoms with Gasteiger partial charge in [-0.1, -0.05) is 11.3 Å². The standard InChI is InChI=1S/C7H11N3OS/c1-5-8-9-7(12-5)10-3-6(4-10)11-2/h6H,3-4H2,1-2H3. The van der Waals surface area contributed by atoms with Crippen molar-refractivity contribution < 1.29 is 4.74 Å². The molecule has 0 atom stereocenters. The van der Waals surface area contributed by atoms with Crippen LogP contribution in [0, 0.1) is 6.92 Å². The largest absolute Gasteiger partial charge is 0.378 e. The topological polar surface area (TPSA) is 38.2 Å². The van der Waals surface area contributed by atoms with Crippen molar-refractivity contribution in [2.24, 2.45) is 0 Å². The van der Waals surface area contributed by atoms with Gasteiger partial charge in [-0.3, -0.25) is 0 Å².